The summed E-state index contributed by atoms with van der Waals surface area (Å²) in [6.07, 6.45) is 1.90. The largest absolute Gasteiger partial charge is 0.497 e. The molecule has 18 heavy (non-hydrogen) atoms. The molecule has 1 heterocycles. The average Bonchev–Trinajstić information content (AvgIpc) is 2.80. The molecule has 4 heteroatoms. The van der Waals surface area contributed by atoms with E-state index in [0.29, 0.717) is 5.69 Å². The van der Waals surface area contributed by atoms with Crippen molar-refractivity contribution < 1.29 is 14.3 Å². The van der Waals surface area contributed by atoms with Crippen molar-refractivity contribution >= 4 is 5.97 Å². The molecule has 0 atom stereocenters. The summed E-state index contributed by atoms with van der Waals surface area (Å²) in [6.45, 7) is 0. The summed E-state index contributed by atoms with van der Waals surface area (Å²) >= 11 is 0. The summed E-state index contributed by atoms with van der Waals surface area (Å²) in [6, 6.07) is 9.50. The third-order valence-corrected chi connectivity index (χ3v) is 2.82. The molecule has 0 amide bonds. The Morgan fingerprint density at radius 1 is 1.11 bits per heavy atom. The van der Waals surface area contributed by atoms with Crippen LogP contribution < -0.4 is 4.74 Å². The quantitative estimate of drug-likeness (QED) is 0.780. The van der Waals surface area contributed by atoms with E-state index < -0.39 is 0 Å². The standard InChI is InChI=1S/C14H15NO3/c1-15-9-11(8-13(15)14(16)18-3)10-4-6-12(17-2)7-5-10/h4-9H,1-3H3. The van der Waals surface area contributed by atoms with Gasteiger partial charge >= 0.3 is 5.97 Å². The maximum absolute atomic E-state index is 11.5. The van der Waals surface area contributed by atoms with Gasteiger partial charge in [-0.1, -0.05) is 12.1 Å². The number of hydrogen-bond acceptors (Lipinski definition) is 3. The second kappa shape index (κ2) is 4.96. The van der Waals surface area contributed by atoms with Crippen LogP contribution in [-0.4, -0.2) is 24.8 Å². The minimum absolute atomic E-state index is 0.336. The minimum Gasteiger partial charge on any atom is -0.497 e. The zero-order chi connectivity index (χ0) is 13.1. The Hall–Kier alpha value is -2.23. The number of rotatable bonds is 3. The third kappa shape index (κ3) is 2.22. The van der Waals surface area contributed by atoms with Crippen molar-refractivity contribution in [3.05, 3.63) is 42.2 Å². The number of aryl methyl sites for hydroxylation is 1. The summed E-state index contributed by atoms with van der Waals surface area (Å²) in [7, 11) is 4.83. The molecule has 1 aromatic heterocycles. The van der Waals surface area contributed by atoms with Gasteiger partial charge in [-0.15, -0.1) is 0 Å². The van der Waals surface area contributed by atoms with Crippen molar-refractivity contribution in [2.24, 2.45) is 7.05 Å². The maximum atomic E-state index is 11.5. The Kier molecular flexibility index (Phi) is 3.37. The summed E-state index contributed by atoms with van der Waals surface area (Å²) in [5.74, 6) is 0.472. The van der Waals surface area contributed by atoms with Crippen LogP contribution in [0.5, 0.6) is 5.75 Å². The monoisotopic (exact) mass is 245 g/mol. The molecule has 2 aromatic rings. The van der Waals surface area contributed by atoms with E-state index in [2.05, 4.69) is 0 Å². The first-order valence-corrected chi connectivity index (χ1v) is 5.55. The number of benzene rings is 1. The Balaban J connectivity index is 2.36. The number of hydrogen-bond donors (Lipinski definition) is 0. The summed E-state index contributed by atoms with van der Waals surface area (Å²) < 4.78 is 11.6. The summed E-state index contributed by atoms with van der Waals surface area (Å²) in [5, 5.41) is 0. The van der Waals surface area contributed by atoms with Gasteiger partial charge in [-0.3, -0.25) is 0 Å². The first-order valence-electron chi connectivity index (χ1n) is 5.55. The molecular formula is C14H15NO3. The number of carbonyl (C=O) groups excluding carboxylic acids is 1. The Morgan fingerprint density at radius 2 is 1.78 bits per heavy atom. The van der Waals surface area contributed by atoms with Gasteiger partial charge in [-0.2, -0.15) is 0 Å². The molecule has 0 bridgehead atoms. The lowest BCUT2D eigenvalue weighted by atomic mass is 10.1. The van der Waals surface area contributed by atoms with Crippen molar-refractivity contribution in [1.29, 1.82) is 0 Å². The molecule has 0 aliphatic rings. The van der Waals surface area contributed by atoms with Gasteiger partial charge < -0.3 is 14.0 Å². The SMILES string of the molecule is COC(=O)c1cc(-c2ccc(OC)cc2)cn1C. The molecule has 0 unspecified atom stereocenters. The number of carbonyl (C=O) groups is 1. The second-order valence-electron chi connectivity index (χ2n) is 3.95. The first-order chi connectivity index (χ1) is 8.65. The van der Waals surface area contributed by atoms with Gasteiger partial charge in [0.2, 0.25) is 0 Å². The Morgan fingerprint density at radius 3 is 2.33 bits per heavy atom. The van der Waals surface area contributed by atoms with Gasteiger partial charge in [0.25, 0.3) is 0 Å². The van der Waals surface area contributed by atoms with Gasteiger partial charge in [0.1, 0.15) is 11.4 Å². The highest BCUT2D eigenvalue weighted by Gasteiger charge is 2.12. The van der Waals surface area contributed by atoms with Gasteiger partial charge in [-0.05, 0) is 23.8 Å². The molecule has 1 aromatic carbocycles. The molecule has 94 valence electrons. The molecule has 0 radical (unpaired) electrons. The van der Waals surface area contributed by atoms with E-state index in [1.165, 1.54) is 7.11 Å². The fraction of sp³-hybridized carbons (Fsp3) is 0.214. The number of nitrogens with zero attached hydrogens (tertiary/aromatic N) is 1. The highest BCUT2D eigenvalue weighted by atomic mass is 16.5. The highest BCUT2D eigenvalue weighted by Crippen LogP contribution is 2.24. The molecule has 0 aliphatic carbocycles. The molecule has 0 N–H and O–H groups in total. The third-order valence-electron chi connectivity index (χ3n) is 2.82. The van der Waals surface area contributed by atoms with E-state index in [1.54, 1.807) is 11.7 Å². The molecule has 0 fully saturated rings. The van der Waals surface area contributed by atoms with Gasteiger partial charge in [0.05, 0.1) is 14.2 Å². The van der Waals surface area contributed by atoms with Crippen molar-refractivity contribution in [2.75, 3.05) is 14.2 Å². The van der Waals surface area contributed by atoms with Crippen LogP contribution in [0, 0.1) is 0 Å². The lowest BCUT2D eigenvalue weighted by Gasteiger charge is -2.00. The van der Waals surface area contributed by atoms with Crippen LogP contribution in [0.15, 0.2) is 36.5 Å². The molecule has 0 saturated carbocycles. The van der Waals surface area contributed by atoms with Crippen LogP contribution in [0.2, 0.25) is 0 Å². The van der Waals surface area contributed by atoms with Crippen LogP contribution in [0.25, 0.3) is 11.1 Å². The molecule has 0 spiro atoms. The van der Waals surface area contributed by atoms with Crippen molar-refractivity contribution in [2.45, 2.75) is 0 Å². The zero-order valence-electron chi connectivity index (χ0n) is 10.6. The first kappa shape index (κ1) is 12.2. The van der Waals surface area contributed by atoms with Gasteiger partial charge in [0.15, 0.2) is 0 Å². The predicted molar refractivity (Wildman–Crippen MR) is 68.7 cm³/mol. The molecule has 0 saturated heterocycles. The predicted octanol–water partition coefficient (Wildman–Crippen LogP) is 2.49. The van der Waals surface area contributed by atoms with Crippen LogP contribution in [0.4, 0.5) is 0 Å². The summed E-state index contributed by atoms with van der Waals surface area (Å²) in [5.41, 5.74) is 2.53. The topological polar surface area (TPSA) is 40.5 Å². The molecule has 2 rings (SSSR count). The van der Waals surface area contributed by atoms with E-state index in [4.69, 9.17) is 9.47 Å². The zero-order valence-corrected chi connectivity index (χ0v) is 10.6. The van der Waals surface area contributed by atoms with Gasteiger partial charge in [0, 0.05) is 18.8 Å². The Labute approximate surface area is 106 Å². The molecule has 4 nitrogen and oxygen atoms in total. The van der Waals surface area contributed by atoms with Gasteiger partial charge in [-0.25, -0.2) is 4.79 Å². The van der Waals surface area contributed by atoms with Crippen LogP contribution in [0.3, 0.4) is 0 Å². The minimum atomic E-state index is -0.336. The number of ether oxygens (including phenoxy) is 2. The normalized spacial score (nSPS) is 10.2. The van der Waals surface area contributed by atoms with Crippen molar-refractivity contribution in [3.8, 4) is 16.9 Å². The molecule has 0 aliphatic heterocycles. The molecular weight excluding hydrogens is 230 g/mol. The average molecular weight is 245 g/mol. The van der Waals surface area contributed by atoms with E-state index in [1.807, 2.05) is 43.6 Å². The fourth-order valence-corrected chi connectivity index (χ4v) is 1.81. The number of methoxy groups -OCH3 is 2. The van der Waals surface area contributed by atoms with E-state index in [0.717, 1.165) is 16.9 Å². The van der Waals surface area contributed by atoms with E-state index >= 15 is 0 Å². The fourth-order valence-electron chi connectivity index (χ4n) is 1.81. The Bertz CT molecular complexity index is 555. The van der Waals surface area contributed by atoms with E-state index in [9.17, 15) is 4.79 Å². The van der Waals surface area contributed by atoms with Crippen LogP contribution >= 0.6 is 0 Å². The second-order valence-corrected chi connectivity index (χ2v) is 3.95. The lowest BCUT2D eigenvalue weighted by Crippen LogP contribution is -2.06. The number of esters is 1. The van der Waals surface area contributed by atoms with Crippen LogP contribution in [0.1, 0.15) is 10.5 Å². The smallest absolute Gasteiger partial charge is 0.354 e. The maximum Gasteiger partial charge on any atom is 0.354 e. The highest BCUT2D eigenvalue weighted by molar-refractivity contribution is 5.89. The van der Waals surface area contributed by atoms with Crippen molar-refractivity contribution in [3.63, 3.8) is 0 Å². The van der Waals surface area contributed by atoms with Crippen LogP contribution in [-0.2, 0) is 11.8 Å². The van der Waals surface area contributed by atoms with Crippen molar-refractivity contribution in [1.82, 2.24) is 4.57 Å². The lowest BCUT2D eigenvalue weighted by molar-refractivity contribution is 0.0590. The van der Waals surface area contributed by atoms with E-state index in [-0.39, 0.29) is 5.97 Å². The number of aromatic nitrogens is 1. The summed E-state index contributed by atoms with van der Waals surface area (Å²) in [4.78, 5) is 11.5.